The van der Waals surface area contributed by atoms with E-state index < -0.39 is 5.91 Å². The van der Waals surface area contributed by atoms with Crippen molar-refractivity contribution in [3.63, 3.8) is 0 Å². The van der Waals surface area contributed by atoms with Crippen LogP contribution in [0.5, 0.6) is 0 Å². The number of carbonyl (C=O) groups is 1. The zero-order valence-electron chi connectivity index (χ0n) is 13.6. The van der Waals surface area contributed by atoms with Crippen molar-refractivity contribution in [2.75, 3.05) is 0 Å². The second-order valence-corrected chi connectivity index (χ2v) is 6.06. The van der Waals surface area contributed by atoms with Gasteiger partial charge in [0.25, 0.3) is 0 Å². The zero-order chi connectivity index (χ0) is 17.9. The molecular formula is C20H14ClN3O2. The Morgan fingerprint density at radius 2 is 1.88 bits per heavy atom. The first-order chi connectivity index (χ1) is 12.7. The topological polar surface area (TPSA) is 59.5 Å². The Bertz CT molecular complexity index is 1060. The molecule has 0 aliphatic rings. The van der Waals surface area contributed by atoms with Gasteiger partial charge in [0.15, 0.2) is 5.76 Å². The third kappa shape index (κ3) is 3.25. The highest BCUT2D eigenvalue weighted by atomic mass is 35.5. The highest BCUT2D eigenvalue weighted by molar-refractivity contribution is 6.30. The standard InChI is InChI=1S/C20H14ClN3O2/c21-15-7-9-16(10-8-15)24-11-3-5-17(24)13-22-23-20(25)19-12-14-4-1-2-6-18(14)26-19/h1-13H,(H,23,25)/b22-13-. The van der Waals surface area contributed by atoms with E-state index in [0.29, 0.717) is 10.6 Å². The molecule has 2 aromatic carbocycles. The van der Waals surface area contributed by atoms with Crippen LogP contribution in [0.15, 0.2) is 82.4 Å². The quantitative estimate of drug-likeness (QED) is 0.424. The Kier molecular flexibility index (Phi) is 4.29. The number of fused-ring (bicyclic) bond motifs is 1. The summed E-state index contributed by atoms with van der Waals surface area (Å²) in [7, 11) is 0. The summed E-state index contributed by atoms with van der Waals surface area (Å²) in [6.07, 6.45) is 3.49. The number of amides is 1. The molecule has 0 spiro atoms. The summed E-state index contributed by atoms with van der Waals surface area (Å²) in [5, 5.41) is 5.58. The van der Waals surface area contributed by atoms with Gasteiger partial charge in [-0.3, -0.25) is 4.79 Å². The number of nitrogens with one attached hydrogen (secondary N) is 1. The molecule has 1 amide bonds. The van der Waals surface area contributed by atoms with Gasteiger partial charge >= 0.3 is 5.91 Å². The molecule has 2 heterocycles. The van der Waals surface area contributed by atoms with Gasteiger partial charge in [-0.15, -0.1) is 0 Å². The Morgan fingerprint density at radius 1 is 1.08 bits per heavy atom. The number of rotatable bonds is 4. The molecule has 0 fully saturated rings. The summed E-state index contributed by atoms with van der Waals surface area (Å²) in [6, 6.07) is 20.4. The van der Waals surface area contributed by atoms with Crippen molar-refractivity contribution in [2.45, 2.75) is 0 Å². The van der Waals surface area contributed by atoms with Crippen LogP contribution in [0.4, 0.5) is 0 Å². The first kappa shape index (κ1) is 16.2. The van der Waals surface area contributed by atoms with Crippen molar-refractivity contribution in [2.24, 2.45) is 5.10 Å². The average molecular weight is 364 g/mol. The summed E-state index contributed by atoms with van der Waals surface area (Å²) >= 11 is 5.93. The maximum absolute atomic E-state index is 12.2. The number of hydrazone groups is 1. The summed E-state index contributed by atoms with van der Waals surface area (Å²) in [4.78, 5) is 12.2. The number of furan rings is 1. The third-order valence-corrected chi connectivity index (χ3v) is 4.15. The van der Waals surface area contributed by atoms with Gasteiger partial charge in [-0.2, -0.15) is 5.10 Å². The van der Waals surface area contributed by atoms with E-state index in [1.54, 1.807) is 12.3 Å². The lowest BCUT2D eigenvalue weighted by atomic mass is 10.2. The lowest BCUT2D eigenvalue weighted by Gasteiger charge is -2.06. The first-order valence-electron chi connectivity index (χ1n) is 7.96. The maximum Gasteiger partial charge on any atom is 0.307 e. The van der Waals surface area contributed by atoms with Crippen LogP contribution in [0.2, 0.25) is 5.02 Å². The molecule has 26 heavy (non-hydrogen) atoms. The van der Waals surface area contributed by atoms with Crippen LogP contribution in [0.1, 0.15) is 16.2 Å². The minimum Gasteiger partial charge on any atom is -0.451 e. The molecule has 4 rings (SSSR count). The Hall–Kier alpha value is -3.31. The van der Waals surface area contributed by atoms with E-state index in [1.807, 2.05) is 71.4 Å². The Morgan fingerprint density at radius 3 is 2.69 bits per heavy atom. The SMILES string of the molecule is O=C(N/N=C\c1cccn1-c1ccc(Cl)cc1)c1cc2ccccc2o1. The van der Waals surface area contributed by atoms with E-state index in [-0.39, 0.29) is 5.76 Å². The van der Waals surface area contributed by atoms with Crippen molar-refractivity contribution in [1.82, 2.24) is 9.99 Å². The summed E-state index contributed by atoms with van der Waals surface area (Å²) < 4.78 is 7.46. The molecule has 5 nitrogen and oxygen atoms in total. The van der Waals surface area contributed by atoms with Crippen LogP contribution in [0, 0.1) is 0 Å². The van der Waals surface area contributed by atoms with Gasteiger partial charge in [0.2, 0.25) is 0 Å². The largest absolute Gasteiger partial charge is 0.451 e. The van der Waals surface area contributed by atoms with Gasteiger partial charge in [0, 0.05) is 22.3 Å². The molecule has 0 aliphatic heterocycles. The van der Waals surface area contributed by atoms with E-state index in [9.17, 15) is 4.79 Å². The van der Waals surface area contributed by atoms with Gasteiger partial charge < -0.3 is 8.98 Å². The third-order valence-electron chi connectivity index (χ3n) is 3.90. The minimum atomic E-state index is -0.401. The average Bonchev–Trinajstić information content (AvgIpc) is 3.29. The Labute approximate surface area is 154 Å². The highest BCUT2D eigenvalue weighted by Gasteiger charge is 2.11. The van der Waals surface area contributed by atoms with Crippen LogP contribution < -0.4 is 5.43 Å². The molecule has 0 atom stereocenters. The van der Waals surface area contributed by atoms with E-state index in [1.165, 1.54) is 0 Å². The molecule has 1 N–H and O–H groups in total. The molecular weight excluding hydrogens is 350 g/mol. The fraction of sp³-hybridized carbons (Fsp3) is 0. The Balaban J connectivity index is 1.49. The molecule has 0 radical (unpaired) electrons. The monoisotopic (exact) mass is 363 g/mol. The highest BCUT2D eigenvalue weighted by Crippen LogP contribution is 2.18. The number of carbonyl (C=O) groups excluding carboxylic acids is 1. The van der Waals surface area contributed by atoms with Gasteiger partial charge in [-0.1, -0.05) is 29.8 Å². The van der Waals surface area contributed by atoms with E-state index in [2.05, 4.69) is 10.5 Å². The first-order valence-corrected chi connectivity index (χ1v) is 8.34. The number of aromatic nitrogens is 1. The maximum atomic E-state index is 12.2. The normalized spacial score (nSPS) is 11.3. The predicted molar refractivity (Wildman–Crippen MR) is 102 cm³/mol. The number of halogens is 1. The zero-order valence-corrected chi connectivity index (χ0v) is 14.4. The van der Waals surface area contributed by atoms with Gasteiger partial charge in [0.05, 0.1) is 11.9 Å². The van der Waals surface area contributed by atoms with E-state index in [4.69, 9.17) is 16.0 Å². The molecule has 6 heteroatoms. The van der Waals surface area contributed by atoms with Crippen LogP contribution >= 0.6 is 11.6 Å². The van der Waals surface area contributed by atoms with Crippen LogP contribution in [0.3, 0.4) is 0 Å². The smallest absolute Gasteiger partial charge is 0.307 e. The summed E-state index contributed by atoms with van der Waals surface area (Å²) in [5.74, 6) is -0.182. The predicted octanol–water partition coefficient (Wildman–Crippen LogP) is 4.64. The lowest BCUT2D eigenvalue weighted by molar-refractivity contribution is 0.0929. The number of nitrogens with zero attached hydrogens (tertiary/aromatic N) is 2. The number of para-hydroxylation sites is 1. The summed E-state index contributed by atoms with van der Waals surface area (Å²) in [5.41, 5.74) is 4.92. The van der Waals surface area contributed by atoms with Crippen molar-refractivity contribution in [3.05, 3.63) is 89.4 Å². The van der Waals surface area contributed by atoms with E-state index >= 15 is 0 Å². The molecule has 0 saturated heterocycles. The second-order valence-electron chi connectivity index (χ2n) is 5.63. The lowest BCUT2D eigenvalue weighted by Crippen LogP contribution is -2.17. The fourth-order valence-electron chi connectivity index (χ4n) is 2.64. The van der Waals surface area contributed by atoms with Gasteiger partial charge in [-0.05, 0) is 48.5 Å². The molecule has 4 aromatic rings. The van der Waals surface area contributed by atoms with Crippen molar-refractivity contribution in [3.8, 4) is 5.69 Å². The number of hydrogen-bond acceptors (Lipinski definition) is 3. The van der Waals surface area contributed by atoms with Crippen molar-refractivity contribution >= 4 is 34.7 Å². The second kappa shape index (κ2) is 6.90. The van der Waals surface area contributed by atoms with Crippen molar-refractivity contribution < 1.29 is 9.21 Å². The molecule has 0 bridgehead atoms. The van der Waals surface area contributed by atoms with E-state index in [0.717, 1.165) is 16.8 Å². The van der Waals surface area contributed by atoms with Crippen LogP contribution in [-0.2, 0) is 0 Å². The molecule has 0 unspecified atom stereocenters. The van der Waals surface area contributed by atoms with Gasteiger partial charge in [0.1, 0.15) is 5.58 Å². The molecule has 128 valence electrons. The molecule has 2 aromatic heterocycles. The van der Waals surface area contributed by atoms with Crippen LogP contribution in [0.25, 0.3) is 16.7 Å². The molecule has 0 saturated carbocycles. The molecule has 0 aliphatic carbocycles. The minimum absolute atomic E-state index is 0.219. The van der Waals surface area contributed by atoms with Crippen molar-refractivity contribution in [1.29, 1.82) is 0 Å². The summed E-state index contributed by atoms with van der Waals surface area (Å²) in [6.45, 7) is 0. The number of hydrogen-bond donors (Lipinski definition) is 1. The van der Waals surface area contributed by atoms with Crippen LogP contribution in [-0.4, -0.2) is 16.7 Å². The van der Waals surface area contributed by atoms with Gasteiger partial charge in [-0.25, -0.2) is 5.43 Å². The fourth-order valence-corrected chi connectivity index (χ4v) is 2.77. The number of benzene rings is 2.